The predicted octanol–water partition coefficient (Wildman–Crippen LogP) is 4.55. The molecule has 138 valence electrons. The zero-order chi connectivity index (χ0) is 18.4. The number of carbonyl (C=O) groups is 1. The summed E-state index contributed by atoms with van der Waals surface area (Å²) in [6, 6.07) is 11.2. The summed E-state index contributed by atoms with van der Waals surface area (Å²) in [5.74, 6) is 1.33. The van der Waals surface area contributed by atoms with Gasteiger partial charge in [-0.3, -0.25) is 4.79 Å². The van der Waals surface area contributed by atoms with Gasteiger partial charge in [0.25, 0.3) is 5.91 Å². The first-order valence-corrected chi connectivity index (χ1v) is 9.97. The van der Waals surface area contributed by atoms with E-state index >= 15 is 0 Å². The zero-order valence-corrected chi connectivity index (χ0v) is 16.2. The Balaban J connectivity index is 1.48. The molecule has 0 spiro atoms. The Labute approximate surface area is 162 Å². The van der Waals surface area contributed by atoms with Crippen LogP contribution >= 0.6 is 23.4 Å². The molecular weight excluding hydrogens is 370 g/mol. The average molecular weight is 392 g/mol. The number of nitrogens with one attached hydrogen (secondary N) is 1. The quantitative estimate of drug-likeness (QED) is 0.445. The molecule has 1 aromatic carbocycles. The van der Waals surface area contributed by atoms with Gasteiger partial charge in [-0.1, -0.05) is 11.6 Å². The van der Waals surface area contributed by atoms with Crippen molar-refractivity contribution in [1.82, 2.24) is 5.43 Å². The Kier molecular flexibility index (Phi) is 6.63. The van der Waals surface area contributed by atoms with E-state index in [-0.39, 0.29) is 11.2 Å². The Morgan fingerprint density at radius 3 is 2.69 bits per heavy atom. The van der Waals surface area contributed by atoms with Gasteiger partial charge in [-0.25, -0.2) is 5.43 Å². The van der Waals surface area contributed by atoms with Crippen LogP contribution in [0.5, 0.6) is 0 Å². The number of halogens is 1. The van der Waals surface area contributed by atoms with E-state index in [0.717, 1.165) is 23.9 Å². The monoisotopic (exact) mass is 391 g/mol. The van der Waals surface area contributed by atoms with Crippen LogP contribution in [0.15, 0.2) is 50.8 Å². The molecule has 2 aromatic rings. The van der Waals surface area contributed by atoms with Gasteiger partial charge < -0.3 is 9.32 Å². The molecule has 1 atom stereocenters. The summed E-state index contributed by atoms with van der Waals surface area (Å²) < 4.78 is 5.78. The summed E-state index contributed by atoms with van der Waals surface area (Å²) in [5.41, 5.74) is 2.56. The molecule has 0 aliphatic carbocycles. The van der Waals surface area contributed by atoms with Crippen LogP contribution in [0.2, 0.25) is 5.02 Å². The number of hydrazone groups is 1. The number of piperidine rings is 1. The SMILES string of the molecule is C[C@H](Sc1ccc(Cl)cc1)C(=O)N/N=C\c1ccc(N2CCCCC2)o1. The van der Waals surface area contributed by atoms with E-state index in [1.54, 1.807) is 0 Å². The Hall–Kier alpha value is -1.92. The molecule has 26 heavy (non-hydrogen) atoms. The number of anilines is 1. The number of carbonyl (C=O) groups excluding carboxylic acids is 1. The summed E-state index contributed by atoms with van der Waals surface area (Å²) >= 11 is 7.32. The number of nitrogens with zero attached hydrogens (tertiary/aromatic N) is 2. The standard InChI is InChI=1S/C19H22ClN3O2S/c1-14(26-17-8-5-15(20)6-9-17)19(24)22-21-13-16-7-10-18(25-16)23-11-3-2-4-12-23/h5-10,13-14H,2-4,11-12H2,1H3,(H,22,24)/b21-13-/t14-/m0/s1. The van der Waals surface area contributed by atoms with Crippen LogP contribution in [0.3, 0.4) is 0 Å². The topological polar surface area (TPSA) is 57.8 Å². The Bertz CT molecular complexity index is 754. The third kappa shape index (κ3) is 5.29. The van der Waals surface area contributed by atoms with E-state index in [2.05, 4.69) is 15.4 Å². The summed E-state index contributed by atoms with van der Waals surface area (Å²) in [5, 5.41) is 4.42. The molecule has 1 saturated heterocycles. The maximum absolute atomic E-state index is 12.1. The molecule has 1 amide bonds. The van der Waals surface area contributed by atoms with Gasteiger partial charge in [0.15, 0.2) is 5.88 Å². The summed E-state index contributed by atoms with van der Waals surface area (Å²) in [7, 11) is 0. The highest BCUT2D eigenvalue weighted by Crippen LogP contribution is 2.25. The second-order valence-corrected chi connectivity index (χ2v) is 8.02. The lowest BCUT2D eigenvalue weighted by Gasteiger charge is -2.25. The molecule has 7 heteroatoms. The molecule has 5 nitrogen and oxygen atoms in total. The van der Waals surface area contributed by atoms with E-state index in [4.69, 9.17) is 16.0 Å². The second-order valence-electron chi connectivity index (χ2n) is 6.17. The molecule has 0 unspecified atom stereocenters. The molecule has 1 aromatic heterocycles. The maximum Gasteiger partial charge on any atom is 0.253 e. The van der Waals surface area contributed by atoms with Gasteiger partial charge in [-0.05, 0) is 56.5 Å². The molecular formula is C19H22ClN3O2S. The minimum absolute atomic E-state index is 0.163. The van der Waals surface area contributed by atoms with Crippen LogP contribution in [0, 0.1) is 0 Å². The van der Waals surface area contributed by atoms with Crippen molar-refractivity contribution in [2.24, 2.45) is 5.10 Å². The zero-order valence-electron chi connectivity index (χ0n) is 14.7. The number of rotatable bonds is 6. The maximum atomic E-state index is 12.1. The normalized spacial score (nSPS) is 16.0. The van der Waals surface area contributed by atoms with Crippen molar-refractivity contribution in [3.63, 3.8) is 0 Å². The van der Waals surface area contributed by atoms with Crippen LogP contribution in [0.4, 0.5) is 5.88 Å². The van der Waals surface area contributed by atoms with Gasteiger partial charge in [0.2, 0.25) is 0 Å². The van der Waals surface area contributed by atoms with Gasteiger partial charge in [0.05, 0.1) is 11.5 Å². The molecule has 0 saturated carbocycles. The summed E-state index contributed by atoms with van der Waals surface area (Å²) in [6.07, 6.45) is 5.21. The van der Waals surface area contributed by atoms with E-state index < -0.39 is 0 Å². The number of amides is 1. The van der Waals surface area contributed by atoms with Crippen molar-refractivity contribution >= 4 is 41.4 Å². The predicted molar refractivity (Wildman–Crippen MR) is 107 cm³/mol. The van der Waals surface area contributed by atoms with Crippen LogP contribution in [-0.4, -0.2) is 30.5 Å². The molecule has 1 aliphatic heterocycles. The number of thioether (sulfide) groups is 1. The molecule has 1 N–H and O–H groups in total. The number of hydrogen-bond donors (Lipinski definition) is 1. The van der Waals surface area contributed by atoms with E-state index in [1.165, 1.54) is 37.2 Å². The summed E-state index contributed by atoms with van der Waals surface area (Å²) in [4.78, 5) is 15.4. The third-order valence-corrected chi connectivity index (χ3v) is 5.51. The summed E-state index contributed by atoms with van der Waals surface area (Å²) in [6.45, 7) is 3.89. The lowest BCUT2D eigenvalue weighted by atomic mass is 10.1. The van der Waals surface area contributed by atoms with Crippen LogP contribution < -0.4 is 10.3 Å². The highest BCUT2D eigenvalue weighted by atomic mass is 35.5. The number of hydrogen-bond acceptors (Lipinski definition) is 5. The first-order chi connectivity index (χ1) is 12.6. The smallest absolute Gasteiger partial charge is 0.253 e. The largest absolute Gasteiger partial charge is 0.440 e. The van der Waals surface area contributed by atoms with Crippen molar-refractivity contribution in [3.05, 3.63) is 47.2 Å². The minimum Gasteiger partial charge on any atom is -0.440 e. The molecule has 1 aliphatic rings. The molecule has 3 rings (SSSR count). The lowest BCUT2D eigenvalue weighted by molar-refractivity contribution is -0.120. The van der Waals surface area contributed by atoms with Crippen molar-refractivity contribution in [3.8, 4) is 0 Å². The third-order valence-electron chi connectivity index (χ3n) is 4.14. The highest BCUT2D eigenvalue weighted by Gasteiger charge is 2.15. The van der Waals surface area contributed by atoms with Gasteiger partial charge in [0.1, 0.15) is 5.76 Å². The van der Waals surface area contributed by atoms with Crippen molar-refractivity contribution in [2.45, 2.75) is 36.3 Å². The van der Waals surface area contributed by atoms with E-state index in [0.29, 0.717) is 10.8 Å². The lowest BCUT2D eigenvalue weighted by Crippen LogP contribution is -2.28. The van der Waals surface area contributed by atoms with E-state index in [9.17, 15) is 4.79 Å². The van der Waals surface area contributed by atoms with Crippen molar-refractivity contribution < 1.29 is 9.21 Å². The van der Waals surface area contributed by atoms with Crippen LogP contribution in [0.25, 0.3) is 0 Å². The molecule has 0 radical (unpaired) electrons. The molecule has 2 heterocycles. The molecule has 0 bridgehead atoms. The van der Waals surface area contributed by atoms with Gasteiger partial charge >= 0.3 is 0 Å². The number of furan rings is 1. The fraction of sp³-hybridized carbons (Fsp3) is 0.368. The average Bonchev–Trinajstić information content (AvgIpc) is 3.13. The molecule has 1 fully saturated rings. The Morgan fingerprint density at radius 1 is 1.23 bits per heavy atom. The fourth-order valence-corrected chi connectivity index (χ4v) is 3.70. The highest BCUT2D eigenvalue weighted by molar-refractivity contribution is 8.00. The van der Waals surface area contributed by atoms with Gasteiger partial charge in [-0.15, -0.1) is 11.8 Å². The number of benzene rings is 1. The fourth-order valence-electron chi connectivity index (χ4n) is 2.72. The second kappa shape index (κ2) is 9.14. The van der Waals surface area contributed by atoms with Crippen LogP contribution in [0.1, 0.15) is 31.9 Å². The van der Waals surface area contributed by atoms with Crippen LogP contribution in [-0.2, 0) is 4.79 Å². The Morgan fingerprint density at radius 2 is 1.96 bits per heavy atom. The van der Waals surface area contributed by atoms with Gasteiger partial charge in [0, 0.05) is 29.1 Å². The van der Waals surface area contributed by atoms with Gasteiger partial charge in [-0.2, -0.15) is 5.10 Å². The van der Waals surface area contributed by atoms with Crippen molar-refractivity contribution in [1.29, 1.82) is 0 Å². The minimum atomic E-state index is -0.270. The first kappa shape index (κ1) is 18.9. The van der Waals surface area contributed by atoms with E-state index in [1.807, 2.05) is 43.3 Å². The van der Waals surface area contributed by atoms with Crippen molar-refractivity contribution in [2.75, 3.05) is 18.0 Å². The first-order valence-electron chi connectivity index (χ1n) is 8.72.